The zero-order valence-electron chi connectivity index (χ0n) is 9.58. The van der Waals surface area contributed by atoms with Crippen molar-refractivity contribution in [2.45, 2.75) is 18.9 Å². The Balaban J connectivity index is 2.55. The van der Waals surface area contributed by atoms with Crippen molar-refractivity contribution in [3.05, 3.63) is 16.6 Å². The fourth-order valence-electron chi connectivity index (χ4n) is 1.18. The summed E-state index contributed by atoms with van der Waals surface area (Å²) in [7, 11) is 1.22. The van der Waals surface area contributed by atoms with Crippen molar-refractivity contribution in [1.82, 2.24) is 10.3 Å². The van der Waals surface area contributed by atoms with Gasteiger partial charge in [0.05, 0.1) is 18.8 Å². The summed E-state index contributed by atoms with van der Waals surface area (Å²) in [5, 5.41) is 11.2. The second-order valence-corrected chi connectivity index (χ2v) is 4.23. The second-order valence-electron chi connectivity index (χ2n) is 3.34. The summed E-state index contributed by atoms with van der Waals surface area (Å²) in [6.07, 6.45) is 1.25. The van der Waals surface area contributed by atoms with E-state index in [0.29, 0.717) is 4.88 Å². The maximum Gasteiger partial charge on any atom is 0.326 e. The number of thiazole rings is 1. The molecule has 7 nitrogen and oxygen atoms in total. The van der Waals surface area contributed by atoms with Crippen LogP contribution in [0.4, 0.5) is 0 Å². The lowest BCUT2D eigenvalue weighted by Crippen LogP contribution is -2.40. The highest BCUT2D eigenvalue weighted by Crippen LogP contribution is 2.07. The summed E-state index contributed by atoms with van der Waals surface area (Å²) in [6.45, 7) is 0. The van der Waals surface area contributed by atoms with Crippen LogP contribution in [-0.4, -0.2) is 41.1 Å². The molecule has 0 unspecified atom stereocenters. The highest BCUT2D eigenvalue weighted by Gasteiger charge is 2.22. The highest BCUT2D eigenvalue weighted by atomic mass is 32.1. The van der Waals surface area contributed by atoms with Gasteiger partial charge in [-0.3, -0.25) is 14.6 Å². The largest absolute Gasteiger partial charge is 0.480 e. The Labute approximate surface area is 107 Å². The Hall–Kier alpha value is -1.96. The Kier molecular flexibility index (Phi) is 5.25. The maximum atomic E-state index is 11.6. The van der Waals surface area contributed by atoms with E-state index in [-0.39, 0.29) is 12.8 Å². The average molecular weight is 272 g/mol. The van der Waals surface area contributed by atoms with Crippen molar-refractivity contribution in [3.8, 4) is 0 Å². The Morgan fingerprint density at radius 3 is 2.78 bits per heavy atom. The number of methoxy groups -OCH3 is 1. The number of carbonyl (C=O) groups is 3. The van der Waals surface area contributed by atoms with Gasteiger partial charge in [0.1, 0.15) is 10.9 Å². The van der Waals surface area contributed by atoms with E-state index in [4.69, 9.17) is 5.11 Å². The third kappa shape index (κ3) is 4.13. The van der Waals surface area contributed by atoms with Crippen molar-refractivity contribution in [2.24, 2.45) is 0 Å². The van der Waals surface area contributed by atoms with Gasteiger partial charge < -0.3 is 15.2 Å². The summed E-state index contributed by atoms with van der Waals surface area (Å²) >= 11 is 1.11. The van der Waals surface area contributed by atoms with Gasteiger partial charge in [-0.25, -0.2) is 4.79 Å². The molecule has 1 heterocycles. The number of aliphatic carboxylic acids is 1. The predicted molar refractivity (Wildman–Crippen MR) is 62.3 cm³/mol. The summed E-state index contributed by atoms with van der Waals surface area (Å²) in [5.41, 5.74) is 1.47. The minimum atomic E-state index is -1.20. The molecule has 0 saturated heterocycles. The van der Waals surface area contributed by atoms with Crippen LogP contribution in [0, 0.1) is 0 Å². The number of nitrogens with one attached hydrogen (secondary N) is 1. The zero-order chi connectivity index (χ0) is 13.5. The minimum absolute atomic E-state index is 0.0213. The second kappa shape index (κ2) is 6.70. The molecule has 0 aliphatic carbocycles. The summed E-state index contributed by atoms with van der Waals surface area (Å²) in [4.78, 5) is 37.5. The number of hydrogen-bond acceptors (Lipinski definition) is 6. The molecule has 0 aromatic carbocycles. The molecule has 0 bridgehead atoms. The predicted octanol–water partition coefficient (Wildman–Crippen LogP) is 0.279. The monoisotopic (exact) mass is 272 g/mol. The van der Waals surface area contributed by atoms with Crippen LogP contribution in [0.1, 0.15) is 22.5 Å². The molecule has 0 fully saturated rings. The zero-order valence-corrected chi connectivity index (χ0v) is 10.4. The van der Waals surface area contributed by atoms with Crippen LogP contribution < -0.4 is 5.32 Å². The molecule has 0 aliphatic rings. The van der Waals surface area contributed by atoms with Crippen LogP contribution in [0.3, 0.4) is 0 Å². The average Bonchev–Trinajstić information content (AvgIpc) is 2.87. The Morgan fingerprint density at radius 2 is 2.28 bits per heavy atom. The van der Waals surface area contributed by atoms with Gasteiger partial charge >= 0.3 is 11.9 Å². The quantitative estimate of drug-likeness (QED) is 0.720. The molecule has 1 atom stereocenters. The van der Waals surface area contributed by atoms with E-state index in [1.54, 1.807) is 0 Å². The van der Waals surface area contributed by atoms with Crippen LogP contribution in [0.2, 0.25) is 0 Å². The lowest BCUT2D eigenvalue weighted by atomic mass is 10.1. The van der Waals surface area contributed by atoms with Gasteiger partial charge in [-0.05, 0) is 6.42 Å². The molecule has 0 spiro atoms. The molecule has 1 amide bonds. The van der Waals surface area contributed by atoms with E-state index >= 15 is 0 Å². The third-order valence-electron chi connectivity index (χ3n) is 2.12. The van der Waals surface area contributed by atoms with Crippen molar-refractivity contribution in [2.75, 3.05) is 7.11 Å². The molecular formula is C10H12N2O5S. The summed E-state index contributed by atoms with van der Waals surface area (Å²) in [6, 6.07) is -1.13. The molecule has 0 radical (unpaired) electrons. The first-order valence-electron chi connectivity index (χ1n) is 5.03. The number of nitrogens with zero attached hydrogens (tertiary/aromatic N) is 1. The molecular weight excluding hydrogens is 260 g/mol. The number of aromatic nitrogens is 1. The fourth-order valence-corrected chi connectivity index (χ4v) is 1.70. The van der Waals surface area contributed by atoms with Crippen molar-refractivity contribution < 1.29 is 24.2 Å². The van der Waals surface area contributed by atoms with Crippen molar-refractivity contribution in [1.29, 1.82) is 0 Å². The van der Waals surface area contributed by atoms with Crippen LogP contribution in [0.25, 0.3) is 0 Å². The molecule has 0 aliphatic heterocycles. The van der Waals surface area contributed by atoms with Gasteiger partial charge in [0.2, 0.25) is 0 Å². The number of ether oxygens (including phenoxy) is 1. The number of carbonyl (C=O) groups excluding carboxylic acids is 2. The first kappa shape index (κ1) is 14.1. The molecule has 18 heavy (non-hydrogen) atoms. The Bertz CT molecular complexity index is 431. The van der Waals surface area contributed by atoms with Gasteiger partial charge in [0, 0.05) is 6.42 Å². The smallest absolute Gasteiger partial charge is 0.326 e. The first-order chi connectivity index (χ1) is 8.54. The highest BCUT2D eigenvalue weighted by molar-refractivity contribution is 7.11. The molecule has 1 aromatic rings. The van der Waals surface area contributed by atoms with Crippen LogP contribution >= 0.6 is 11.3 Å². The lowest BCUT2D eigenvalue weighted by Gasteiger charge is -2.12. The van der Waals surface area contributed by atoms with Gasteiger partial charge in [0.15, 0.2) is 0 Å². The number of carboxylic acid groups (broad SMARTS) is 1. The van der Waals surface area contributed by atoms with E-state index in [9.17, 15) is 14.4 Å². The standard InChI is InChI=1S/C10H12N2O5S/c1-17-8(13)3-2-6(10(15)16)12-9(14)7-4-11-5-18-7/h4-6H,2-3H2,1H3,(H,12,14)(H,15,16)/t6-/m1/s1. The molecule has 2 N–H and O–H groups in total. The van der Waals surface area contributed by atoms with E-state index in [1.807, 2.05) is 0 Å². The third-order valence-corrected chi connectivity index (χ3v) is 2.90. The maximum absolute atomic E-state index is 11.6. The first-order valence-corrected chi connectivity index (χ1v) is 5.91. The van der Waals surface area contributed by atoms with E-state index in [0.717, 1.165) is 11.3 Å². The van der Waals surface area contributed by atoms with E-state index in [2.05, 4.69) is 15.0 Å². The number of esters is 1. The molecule has 1 aromatic heterocycles. The molecule has 8 heteroatoms. The Morgan fingerprint density at radius 1 is 1.56 bits per heavy atom. The van der Waals surface area contributed by atoms with Gasteiger partial charge in [-0.15, -0.1) is 11.3 Å². The molecule has 98 valence electrons. The minimum Gasteiger partial charge on any atom is -0.480 e. The summed E-state index contributed by atoms with van der Waals surface area (Å²) in [5.74, 6) is -2.24. The fraction of sp³-hybridized carbons (Fsp3) is 0.400. The van der Waals surface area contributed by atoms with Crippen LogP contribution in [0.5, 0.6) is 0 Å². The van der Waals surface area contributed by atoms with Gasteiger partial charge in [-0.1, -0.05) is 0 Å². The number of hydrogen-bond donors (Lipinski definition) is 2. The number of carboxylic acids is 1. The molecule has 1 rings (SSSR count). The van der Waals surface area contributed by atoms with Crippen LogP contribution in [-0.2, 0) is 14.3 Å². The SMILES string of the molecule is COC(=O)CC[C@@H](NC(=O)c1cncs1)C(=O)O. The normalized spacial score (nSPS) is 11.6. The lowest BCUT2D eigenvalue weighted by molar-refractivity contribution is -0.142. The number of amides is 1. The van der Waals surface area contributed by atoms with Gasteiger partial charge in [-0.2, -0.15) is 0 Å². The molecule has 0 saturated carbocycles. The van der Waals surface area contributed by atoms with E-state index < -0.39 is 23.9 Å². The van der Waals surface area contributed by atoms with E-state index in [1.165, 1.54) is 18.8 Å². The topological polar surface area (TPSA) is 106 Å². The van der Waals surface area contributed by atoms with Gasteiger partial charge in [0.25, 0.3) is 5.91 Å². The van der Waals surface area contributed by atoms with Crippen molar-refractivity contribution in [3.63, 3.8) is 0 Å². The van der Waals surface area contributed by atoms with Crippen LogP contribution in [0.15, 0.2) is 11.7 Å². The number of rotatable bonds is 6. The van der Waals surface area contributed by atoms with Crippen molar-refractivity contribution >= 4 is 29.2 Å². The summed E-state index contributed by atoms with van der Waals surface area (Å²) < 4.78 is 4.41.